The summed E-state index contributed by atoms with van der Waals surface area (Å²) < 4.78 is 5.12. The fraction of sp³-hybridized carbons (Fsp3) is 0.348. The highest BCUT2D eigenvalue weighted by Gasteiger charge is 2.16. The van der Waals surface area contributed by atoms with Crippen LogP contribution in [0, 0.1) is 6.92 Å². The lowest BCUT2D eigenvalue weighted by molar-refractivity contribution is -0.116. The van der Waals surface area contributed by atoms with E-state index < -0.39 is 11.7 Å². The SMILES string of the molecule is Cc1ccccc1C(=O)NCc1cccc(NC(=O)CCNC(=O)OC(C)(C)C)c1. The molecule has 0 atom stereocenters. The molecule has 30 heavy (non-hydrogen) atoms. The maximum absolute atomic E-state index is 12.3. The van der Waals surface area contributed by atoms with E-state index in [1.807, 2.05) is 37.3 Å². The molecule has 0 heterocycles. The minimum absolute atomic E-state index is 0.119. The minimum atomic E-state index is -0.582. The molecule has 7 heteroatoms. The second-order valence-corrected chi connectivity index (χ2v) is 7.92. The summed E-state index contributed by atoms with van der Waals surface area (Å²) in [6.45, 7) is 7.73. The molecule has 0 saturated heterocycles. The number of aryl methyl sites for hydroxylation is 1. The third kappa shape index (κ3) is 7.95. The third-order valence-electron chi connectivity index (χ3n) is 4.07. The van der Waals surface area contributed by atoms with Crippen molar-refractivity contribution in [2.75, 3.05) is 11.9 Å². The molecule has 0 aliphatic heterocycles. The molecule has 0 spiro atoms. The van der Waals surface area contributed by atoms with Crippen LogP contribution in [-0.4, -0.2) is 30.1 Å². The summed E-state index contributed by atoms with van der Waals surface area (Å²) in [5, 5.41) is 8.23. The van der Waals surface area contributed by atoms with Gasteiger partial charge >= 0.3 is 6.09 Å². The van der Waals surface area contributed by atoms with Gasteiger partial charge in [0.2, 0.25) is 5.91 Å². The number of benzene rings is 2. The highest BCUT2D eigenvalue weighted by atomic mass is 16.6. The van der Waals surface area contributed by atoms with Crippen LogP contribution in [0.2, 0.25) is 0 Å². The van der Waals surface area contributed by atoms with Crippen LogP contribution in [0.1, 0.15) is 48.7 Å². The van der Waals surface area contributed by atoms with Gasteiger partial charge in [-0.05, 0) is 57.0 Å². The lowest BCUT2D eigenvalue weighted by Gasteiger charge is -2.19. The molecule has 0 aliphatic rings. The average molecular weight is 412 g/mol. The fourth-order valence-electron chi connectivity index (χ4n) is 2.68. The lowest BCUT2D eigenvalue weighted by Crippen LogP contribution is -2.34. The second-order valence-electron chi connectivity index (χ2n) is 7.92. The van der Waals surface area contributed by atoms with Crippen LogP contribution in [0.4, 0.5) is 10.5 Å². The predicted molar refractivity (Wildman–Crippen MR) is 116 cm³/mol. The van der Waals surface area contributed by atoms with Crippen LogP contribution in [0.5, 0.6) is 0 Å². The summed E-state index contributed by atoms with van der Waals surface area (Å²) in [5.41, 5.74) is 2.46. The molecule has 160 valence electrons. The highest BCUT2D eigenvalue weighted by molar-refractivity contribution is 5.95. The smallest absolute Gasteiger partial charge is 0.407 e. The van der Waals surface area contributed by atoms with Crippen LogP contribution in [0.15, 0.2) is 48.5 Å². The van der Waals surface area contributed by atoms with Gasteiger partial charge in [-0.1, -0.05) is 30.3 Å². The van der Waals surface area contributed by atoms with Crippen molar-refractivity contribution in [3.63, 3.8) is 0 Å². The number of nitrogens with one attached hydrogen (secondary N) is 3. The first-order valence-corrected chi connectivity index (χ1v) is 9.83. The van der Waals surface area contributed by atoms with E-state index in [-0.39, 0.29) is 24.8 Å². The number of carbonyl (C=O) groups is 3. The number of carbonyl (C=O) groups excluding carboxylic acids is 3. The molecule has 0 radical (unpaired) electrons. The molecule has 3 N–H and O–H groups in total. The van der Waals surface area contributed by atoms with E-state index in [9.17, 15) is 14.4 Å². The summed E-state index contributed by atoms with van der Waals surface area (Å²) in [4.78, 5) is 36.0. The Balaban J connectivity index is 1.81. The van der Waals surface area contributed by atoms with Crippen molar-refractivity contribution in [3.8, 4) is 0 Å². The molecule has 0 aromatic heterocycles. The van der Waals surface area contributed by atoms with E-state index in [0.717, 1.165) is 11.1 Å². The summed E-state index contributed by atoms with van der Waals surface area (Å²) in [6, 6.07) is 14.7. The van der Waals surface area contributed by atoms with Gasteiger partial charge in [0, 0.05) is 30.8 Å². The van der Waals surface area contributed by atoms with E-state index >= 15 is 0 Å². The van der Waals surface area contributed by atoms with Crippen molar-refractivity contribution in [1.82, 2.24) is 10.6 Å². The molecule has 0 aliphatic carbocycles. The van der Waals surface area contributed by atoms with E-state index in [1.54, 1.807) is 39.0 Å². The Morgan fingerprint density at radius 2 is 1.70 bits per heavy atom. The van der Waals surface area contributed by atoms with Crippen LogP contribution in [-0.2, 0) is 16.1 Å². The maximum atomic E-state index is 12.3. The summed E-state index contributed by atoms with van der Waals surface area (Å²) in [7, 11) is 0. The summed E-state index contributed by atoms with van der Waals surface area (Å²) in [5.74, 6) is -0.372. The Labute approximate surface area is 177 Å². The monoisotopic (exact) mass is 411 g/mol. The number of rotatable bonds is 7. The van der Waals surface area contributed by atoms with Crippen LogP contribution < -0.4 is 16.0 Å². The van der Waals surface area contributed by atoms with Crippen molar-refractivity contribution in [1.29, 1.82) is 0 Å². The first-order valence-electron chi connectivity index (χ1n) is 9.83. The number of amides is 3. The van der Waals surface area contributed by atoms with Gasteiger partial charge in [-0.25, -0.2) is 4.79 Å². The molecule has 0 fully saturated rings. The van der Waals surface area contributed by atoms with Crippen LogP contribution >= 0.6 is 0 Å². The van der Waals surface area contributed by atoms with E-state index in [1.165, 1.54) is 0 Å². The van der Waals surface area contributed by atoms with Gasteiger partial charge < -0.3 is 20.7 Å². The molecule has 0 unspecified atom stereocenters. The number of alkyl carbamates (subject to hydrolysis) is 1. The Bertz CT molecular complexity index is 903. The van der Waals surface area contributed by atoms with Crippen molar-refractivity contribution in [3.05, 3.63) is 65.2 Å². The Hall–Kier alpha value is -3.35. The van der Waals surface area contributed by atoms with Crippen LogP contribution in [0.25, 0.3) is 0 Å². The van der Waals surface area contributed by atoms with Gasteiger partial charge in [-0.3, -0.25) is 9.59 Å². The number of hydrogen-bond donors (Lipinski definition) is 3. The molecular formula is C23H29N3O4. The Morgan fingerprint density at radius 1 is 0.967 bits per heavy atom. The normalized spacial score (nSPS) is 10.8. The first kappa shape index (κ1) is 22.9. The average Bonchev–Trinajstić information content (AvgIpc) is 2.65. The molecule has 0 bridgehead atoms. The largest absolute Gasteiger partial charge is 0.444 e. The van der Waals surface area contributed by atoms with Gasteiger partial charge in [0.15, 0.2) is 0 Å². The maximum Gasteiger partial charge on any atom is 0.407 e. The van der Waals surface area contributed by atoms with Crippen molar-refractivity contribution >= 4 is 23.6 Å². The third-order valence-corrected chi connectivity index (χ3v) is 4.07. The zero-order valence-corrected chi connectivity index (χ0v) is 17.9. The lowest BCUT2D eigenvalue weighted by atomic mass is 10.1. The topological polar surface area (TPSA) is 96.5 Å². The summed E-state index contributed by atoms with van der Waals surface area (Å²) >= 11 is 0. The first-order chi connectivity index (χ1) is 14.1. The quantitative estimate of drug-likeness (QED) is 0.646. The zero-order valence-electron chi connectivity index (χ0n) is 17.9. The second kappa shape index (κ2) is 10.4. The predicted octanol–water partition coefficient (Wildman–Crippen LogP) is 3.78. The Kier molecular flexibility index (Phi) is 7.98. The molecule has 2 rings (SSSR count). The molecule has 2 aromatic carbocycles. The standard InChI is InChI=1S/C23H29N3O4/c1-16-8-5-6-11-19(16)21(28)25-15-17-9-7-10-18(14-17)26-20(27)12-13-24-22(29)30-23(2,3)4/h5-11,14H,12-13,15H2,1-4H3,(H,24,29)(H,25,28)(H,26,27). The van der Waals surface area contributed by atoms with Gasteiger partial charge in [0.25, 0.3) is 5.91 Å². The van der Waals surface area contributed by atoms with Crippen LogP contribution in [0.3, 0.4) is 0 Å². The van der Waals surface area contributed by atoms with Crippen molar-refractivity contribution < 1.29 is 19.1 Å². The number of anilines is 1. The molecular weight excluding hydrogens is 382 g/mol. The van der Waals surface area contributed by atoms with Gasteiger partial charge in [0.05, 0.1) is 0 Å². The highest BCUT2D eigenvalue weighted by Crippen LogP contribution is 2.12. The molecule has 3 amide bonds. The van der Waals surface area contributed by atoms with E-state index in [0.29, 0.717) is 17.8 Å². The molecule has 0 saturated carbocycles. The van der Waals surface area contributed by atoms with E-state index in [4.69, 9.17) is 4.74 Å². The molecule has 2 aromatic rings. The van der Waals surface area contributed by atoms with Gasteiger partial charge in [-0.15, -0.1) is 0 Å². The number of ether oxygens (including phenoxy) is 1. The minimum Gasteiger partial charge on any atom is -0.444 e. The molecule has 7 nitrogen and oxygen atoms in total. The van der Waals surface area contributed by atoms with Gasteiger partial charge in [0.1, 0.15) is 5.60 Å². The summed E-state index contributed by atoms with van der Waals surface area (Å²) in [6.07, 6.45) is -0.435. The zero-order chi connectivity index (χ0) is 22.1. The number of hydrogen-bond acceptors (Lipinski definition) is 4. The van der Waals surface area contributed by atoms with E-state index in [2.05, 4.69) is 16.0 Å². The Morgan fingerprint density at radius 3 is 2.40 bits per heavy atom. The van der Waals surface area contributed by atoms with Gasteiger partial charge in [-0.2, -0.15) is 0 Å². The van der Waals surface area contributed by atoms with Crippen molar-refractivity contribution in [2.24, 2.45) is 0 Å². The van der Waals surface area contributed by atoms with Crippen molar-refractivity contribution in [2.45, 2.75) is 46.3 Å². The fourth-order valence-corrected chi connectivity index (χ4v) is 2.68.